The summed E-state index contributed by atoms with van der Waals surface area (Å²) in [5.41, 5.74) is -1.20. The van der Waals surface area contributed by atoms with Crippen molar-refractivity contribution in [2.45, 2.75) is 44.8 Å². The van der Waals surface area contributed by atoms with Gasteiger partial charge in [-0.15, -0.1) is 0 Å². The second-order valence-corrected chi connectivity index (χ2v) is 15.1. The normalized spacial score (nSPS) is 18.8. The lowest BCUT2D eigenvalue weighted by Crippen LogP contribution is -2.58. The summed E-state index contributed by atoms with van der Waals surface area (Å²) in [5, 5.41) is 15.2. The zero-order chi connectivity index (χ0) is 44.4. The van der Waals surface area contributed by atoms with Crippen molar-refractivity contribution in [2.75, 3.05) is 51.0 Å². The summed E-state index contributed by atoms with van der Waals surface area (Å²) in [6, 6.07) is 7.20. The molecule has 1 unspecified atom stereocenters. The van der Waals surface area contributed by atoms with E-state index in [2.05, 4.69) is 27.2 Å². The summed E-state index contributed by atoms with van der Waals surface area (Å²) < 4.78 is 48.5. The molecule has 3 aliphatic heterocycles. The Bertz CT molecular complexity index is 2510. The molecule has 0 spiro atoms. The van der Waals surface area contributed by atoms with Gasteiger partial charge in [0.15, 0.2) is 12.4 Å². The number of phenols is 1. The minimum absolute atomic E-state index is 0.00428. The average Bonchev–Trinajstić information content (AvgIpc) is 3.49. The fourth-order valence-corrected chi connectivity index (χ4v) is 7.92. The molecule has 3 N–H and O–H groups in total. The van der Waals surface area contributed by atoms with Crippen LogP contribution < -0.4 is 25.0 Å². The van der Waals surface area contributed by atoms with E-state index in [9.17, 15) is 38.3 Å². The van der Waals surface area contributed by atoms with Gasteiger partial charge in [0.25, 0.3) is 17.7 Å². The lowest BCUT2D eigenvalue weighted by molar-refractivity contribution is -0.136. The van der Waals surface area contributed by atoms with Crippen LogP contribution in [0.25, 0.3) is 22.0 Å². The van der Waals surface area contributed by atoms with Crippen molar-refractivity contribution in [2.24, 2.45) is 0 Å². The van der Waals surface area contributed by atoms with E-state index >= 15 is 4.39 Å². The number of carbonyl (C=O) groups is 6. The molecule has 3 aliphatic rings. The maximum atomic E-state index is 16.5. The van der Waals surface area contributed by atoms with Crippen LogP contribution in [0.5, 0.6) is 17.5 Å². The monoisotopic (exact) mass is 875 g/mol. The standard InChI is InChI=1S/C42H40ClF2N7O10/c1-4-32(56)50-18-22(3)51(19-21(50)2)38-24-17-25(43)34(35-26(44)8-6-9-28(35)53)36(45)37(24)48-42(49-38)61-16-15-60-14-13-46-31(55)20-62-29-10-5-7-23-33(29)41(59)52(40(23)58)27-11-12-30(54)47-39(27)57/h4-10,17,21-22,27,53H,1,11-16,18-20H2,2-3H3,(H,46,55)(H,47,54,57)/t21-,22+,27?/m1/s1. The molecule has 3 aromatic carbocycles. The van der Waals surface area contributed by atoms with Gasteiger partial charge in [0, 0.05) is 49.1 Å². The van der Waals surface area contributed by atoms with E-state index in [-0.39, 0.29) is 108 Å². The maximum Gasteiger partial charge on any atom is 0.319 e. The molecule has 1 aromatic heterocycles. The third-order valence-electron chi connectivity index (χ3n) is 10.6. The van der Waals surface area contributed by atoms with Gasteiger partial charge >= 0.3 is 6.01 Å². The highest BCUT2D eigenvalue weighted by molar-refractivity contribution is 6.34. The van der Waals surface area contributed by atoms with Gasteiger partial charge in [-0.1, -0.05) is 30.3 Å². The molecule has 0 saturated carbocycles. The van der Waals surface area contributed by atoms with Crippen LogP contribution in [0.3, 0.4) is 0 Å². The molecule has 62 heavy (non-hydrogen) atoms. The predicted molar refractivity (Wildman–Crippen MR) is 218 cm³/mol. The summed E-state index contributed by atoms with van der Waals surface area (Å²) in [6.07, 6.45) is 1.19. The first-order valence-electron chi connectivity index (χ1n) is 19.5. The van der Waals surface area contributed by atoms with Gasteiger partial charge < -0.3 is 34.4 Å². The lowest BCUT2D eigenvalue weighted by atomic mass is 10.0. The zero-order valence-corrected chi connectivity index (χ0v) is 34.2. The number of piperidine rings is 1. The molecule has 0 aliphatic carbocycles. The van der Waals surface area contributed by atoms with Gasteiger partial charge in [0.2, 0.25) is 17.7 Å². The van der Waals surface area contributed by atoms with E-state index in [1.54, 1.807) is 4.90 Å². The molecule has 7 rings (SSSR count). The smallest absolute Gasteiger partial charge is 0.319 e. The zero-order valence-electron chi connectivity index (χ0n) is 33.4. The Labute approximate surface area is 357 Å². The van der Waals surface area contributed by atoms with E-state index in [1.165, 1.54) is 42.5 Å². The van der Waals surface area contributed by atoms with Gasteiger partial charge in [-0.3, -0.25) is 39.0 Å². The first-order chi connectivity index (χ1) is 29.7. The molecular formula is C42H40ClF2N7O10. The molecule has 17 nitrogen and oxygen atoms in total. The molecule has 2 fully saturated rings. The summed E-state index contributed by atoms with van der Waals surface area (Å²) in [4.78, 5) is 88.8. The highest BCUT2D eigenvalue weighted by Crippen LogP contribution is 2.43. The predicted octanol–water partition coefficient (Wildman–Crippen LogP) is 3.54. The van der Waals surface area contributed by atoms with Crippen molar-refractivity contribution in [3.8, 4) is 28.6 Å². The number of hydrogen-bond acceptors (Lipinski definition) is 13. The minimum atomic E-state index is -1.16. The summed E-state index contributed by atoms with van der Waals surface area (Å²) in [6.45, 7) is 7.29. The number of hydrogen-bond donors (Lipinski definition) is 3. The fourth-order valence-electron chi connectivity index (χ4n) is 7.63. The average molecular weight is 876 g/mol. The topological polar surface area (TPSA) is 210 Å². The minimum Gasteiger partial charge on any atom is -0.507 e. The lowest BCUT2D eigenvalue weighted by Gasteiger charge is -2.44. The first-order valence-corrected chi connectivity index (χ1v) is 19.9. The highest BCUT2D eigenvalue weighted by Gasteiger charge is 2.46. The molecule has 0 bridgehead atoms. The van der Waals surface area contributed by atoms with Crippen LogP contribution >= 0.6 is 11.6 Å². The van der Waals surface area contributed by atoms with Crippen molar-refractivity contribution in [1.82, 2.24) is 30.4 Å². The van der Waals surface area contributed by atoms with Crippen LogP contribution in [0.2, 0.25) is 5.02 Å². The Morgan fingerprint density at radius 3 is 2.50 bits per heavy atom. The number of phenolic OH excluding ortho intramolecular Hbond substituents is 1. The summed E-state index contributed by atoms with van der Waals surface area (Å²) >= 11 is 6.58. The van der Waals surface area contributed by atoms with Crippen LogP contribution in [-0.2, 0) is 23.9 Å². The van der Waals surface area contributed by atoms with E-state index in [1.807, 2.05) is 18.7 Å². The second-order valence-electron chi connectivity index (χ2n) is 14.7. The van der Waals surface area contributed by atoms with Gasteiger partial charge in [-0.05, 0) is 56.7 Å². The molecule has 20 heteroatoms. The van der Waals surface area contributed by atoms with E-state index in [0.717, 1.165) is 11.0 Å². The number of ether oxygens (including phenoxy) is 3. The van der Waals surface area contributed by atoms with E-state index in [0.29, 0.717) is 6.54 Å². The fraction of sp³-hybridized carbons (Fsp3) is 0.333. The second kappa shape index (κ2) is 18.1. The Hall–Kier alpha value is -6.73. The Morgan fingerprint density at radius 1 is 0.984 bits per heavy atom. The number of halogens is 3. The molecule has 6 amide bonds. The SMILES string of the molecule is C=CC(=O)N1C[C@H](C)N(c2nc(OCCOCCNC(=O)COc3cccc4c3C(=O)N(C3CCC(=O)NC3=O)C4=O)nc3c(F)c(-c4c(O)cccc4F)c(Cl)cc23)C[C@H]1C. The summed E-state index contributed by atoms with van der Waals surface area (Å²) in [7, 11) is 0. The number of aromatic nitrogens is 2. The number of piperazine rings is 1. The third-order valence-corrected chi connectivity index (χ3v) is 10.9. The number of rotatable bonds is 14. The van der Waals surface area contributed by atoms with Gasteiger partial charge in [0.1, 0.15) is 41.3 Å². The van der Waals surface area contributed by atoms with Crippen LogP contribution in [0, 0.1) is 11.6 Å². The molecule has 4 aromatic rings. The molecule has 4 heterocycles. The molecule has 3 atom stereocenters. The van der Waals surface area contributed by atoms with E-state index < -0.39 is 70.7 Å². The van der Waals surface area contributed by atoms with Crippen molar-refractivity contribution >= 4 is 63.8 Å². The largest absolute Gasteiger partial charge is 0.507 e. The van der Waals surface area contributed by atoms with Crippen LogP contribution in [0.1, 0.15) is 47.4 Å². The van der Waals surface area contributed by atoms with Gasteiger partial charge in [0.05, 0.1) is 34.9 Å². The maximum absolute atomic E-state index is 16.5. The van der Waals surface area contributed by atoms with Gasteiger partial charge in [-0.2, -0.15) is 9.97 Å². The van der Waals surface area contributed by atoms with Crippen molar-refractivity contribution in [3.05, 3.63) is 82.9 Å². The van der Waals surface area contributed by atoms with Crippen molar-refractivity contribution in [3.63, 3.8) is 0 Å². The van der Waals surface area contributed by atoms with Crippen molar-refractivity contribution in [1.29, 1.82) is 0 Å². The number of amides is 6. The van der Waals surface area contributed by atoms with Crippen molar-refractivity contribution < 1.29 is 56.9 Å². The van der Waals surface area contributed by atoms with Crippen LogP contribution in [0.15, 0.2) is 55.1 Å². The number of imide groups is 2. The Kier molecular flexibility index (Phi) is 12.7. The van der Waals surface area contributed by atoms with E-state index in [4.69, 9.17) is 25.8 Å². The third kappa shape index (κ3) is 8.45. The number of nitrogens with one attached hydrogen (secondary N) is 2. The van der Waals surface area contributed by atoms with Gasteiger partial charge in [-0.25, -0.2) is 8.78 Å². The Morgan fingerprint density at radius 2 is 1.76 bits per heavy atom. The van der Waals surface area contributed by atoms with Crippen LogP contribution in [0.4, 0.5) is 14.6 Å². The number of nitrogens with zero attached hydrogens (tertiary/aromatic N) is 5. The number of fused-ring (bicyclic) bond motifs is 2. The van der Waals surface area contributed by atoms with Crippen LogP contribution in [-0.4, -0.2) is 125 Å². The molecule has 2 saturated heterocycles. The number of aromatic hydroxyl groups is 1. The molecule has 324 valence electrons. The molecule has 0 radical (unpaired) electrons. The quantitative estimate of drug-likeness (QED) is 0.0942. The number of benzene rings is 3. The Balaban J connectivity index is 0.976. The first kappa shape index (κ1) is 43.4. The number of anilines is 1. The number of carbonyl (C=O) groups excluding carboxylic acids is 6. The highest BCUT2D eigenvalue weighted by atomic mass is 35.5. The molecular weight excluding hydrogens is 836 g/mol. The summed E-state index contributed by atoms with van der Waals surface area (Å²) in [5.74, 6) is -5.80.